The zero-order valence-corrected chi connectivity index (χ0v) is 16.2. The molecule has 25 heavy (non-hydrogen) atoms. The van der Waals surface area contributed by atoms with Gasteiger partial charge in [-0.3, -0.25) is 9.59 Å². The molecule has 1 unspecified atom stereocenters. The summed E-state index contributed by atoms with van der Waals surface area (Å²) < 4.78 is 1.01. The second-order valence-corrected chi connectivity index (χ2v) is 7.43. The Labute approximate surface area is 156 Å². The summed E-state index contributed by atoms with van der Waals surface area (Å²) in [7, 11) is 0. The fraction of sp³-hybridized carbons (Fsp3) is 0.300. The number of carbonyl (C=O) groups is 2. The average molecular weight is 401 g/mol. The van der Waals surface area contributed by atoms with Gasteiger partial charge in [-0.25, -0.2) is 0 Å². The van der Waals surface area contributed by atoms with Gasteiger partial charge in [0.1, 0.15) is 0 Å². The summed E-state index contributed by atoms with van der Waals surface area (Å²) in [5.74, 6) is -0.447. The molecule has 0 aliphatic carbocycles. The fourth-order valence-corrected chi connectivity index (χ4v) is 3.30. The summed E-state index contributed by atoms with van der Waals surface area (Å²) in [5, 5.41) is 2.98. The van der Waals surface area contributed by atoms with E-state index in [-0.39, 0.29) is 24.2 Å². The monoisotopic (exact) mass is 400 g/mol. The standard InChI is InChI=1S/C20H21BrN2O2/c1-12-5-4-6-18(14(12)3)22-20(25)15-10-19(24)23(11-15)16-7-8-17(21)13(2)9-16/h4-9,15H,10-11H2,1-3H3,(H,22,25). The van der Waals surface area contributed by atoms with E-state index < -0.39 is 0 Å². The van der Waals surface area contributed by atoms with Gasteiger partial charge in [-0.15, -0.1) is 0 Å². The summed E-state index contributed by atoms with van der Waals surface area (Å²) in [6.07, 6.45) is 0.242. The van der Waals surface area contributed by atoms with Crippen LogP contribution < -0.4 is 10.2 Å². The van der Waals surface area contributed by atoms with Gasteiger partial charge in [0.05, 0.1) is 5.92 Å². The molecule has 2 aromatic rings. The molecule has 0 aromatic heterocycles. The largest absolute Gasteiger partial charge is 0.326 e. The number of aryl methyl sites for hydroxylation is 2. The van der Waals surface area contributed by atoms with Crippen LogP contribution in [0.5, 0.6) is 0 Å². The highest BCUT2D eigenvalue weighted by Gasteiger charge is 2.35. The summed E-state index contributed by atoms with van der Waals surface area (Å²) >= 11 is 3.47. The molecule has 0 radical (unpaired) electrons. The zero-order valence-electron chi connectivity index (χ0n) is 14.6. The molecule has 1 N–H and O–H groups in total. The summed E-state index contributed by atoms with van der Waals surface area (Å²) in [6, 6.07) is 11.6. The molecule has 130 valence electrons. The second kappa shape index (κ2) is 7.00. The Hall–Kier alpha value is -2.14. The average Bonchev–Trinajstić information content (AvgIpc) is 2.96. The van der Waals surface area contributed by atoms with Gasteiger partial charge in [0.2, 0.25) is 11.8 Å². The molecule has 1 heterocycles. The van der Waals surface area contributed by atoms with Gasteiger partial charge >= 0.3 is 0 Å². The normalized spacial score (nSPS) is 17.0. The van der Waals surface area contributed by atoms with Crippen molar-refractivity contribution >= 4 is 39.1 Å². The highest BCUT2D eigenvalue weighted by atomic mass is 79.9. The van der Waals surface area contributed by atoms with Crippen molar-refractivity contribution in [1.29, 1.82) is 0 Å². The summed E-state index contributed by atoms with van der Waals surface area (Å²) in [4.78, 5) is 26.7. The first-order valence-electron chi connectivity index (χ1n) is 8.30. The molecule has 2 amide bonds. The van der Waals surface area contributed by atoms with E-state index in [0.717, 1.165) is 32.5 Å². The van der Waals surface area contributed by atoms with Crippen LogP contribution in [0, 0.1) is 26.7 Å². The van der Waals surface area contributed by atoms with E-state index in [0.29, 0.717) is 6.54 Å². The number of nitrogens with one attached hydrogen (secondary N) is 1. The van der Waals surface area contributed by atoms with Crippen molar-refractivity contribution in [2.45, 2.75) is 27.2 Å². The topological polar surface area (TPSA) is 49.4 Å². The Morgan fingerprint density at radius 3 is 2.64 bits per heavy atom. The molecule has 3 rings (SSSR count). The molecule has 1 atom stereocenters. The molecule has 0 spiro atoms. The predicted octanol–water partition coefficient (Wildman–Crippen LogP) is 4.37. The lowest BCUT2D eigenvalue weighted by atomic mass is 10.1. The van der Waals surface area contributed by atoms with Crippen molar-refractivity contribution in [2.75, 3.05) is 16.8 Å². The van der Waals surface area contributed by atoms with Crippen LogP contribution >= 0.6 is 15.9 Å². The Morgan fingerprint density at radius 1 is 1.16 bits per heavy atom. The second-order valence-electron chi connectivity index (χ2n) is 6.58. The number of carbonyl (C=O) groups excluding carboxylic acids is 2. The molecular weight excluding hydrogens is 380 g/mol. The maximum absolute atomic E-state index is 12.6. The first-order chi connectivity index (χ1) is 11.9. The zero-order chi connectivity index (χ0) is 18.1. The van der Waals surface area contributed by atoms with Crippen LogP contribution in [-0.4, -0.2) is 18.4 Å². The maximum atomic E-state index is 12.6. The number of nitrogens with zero attached hydrogens (tertiary/aromatic N) is 1. The third kappa shape index (κ3) is 3.61. The van der Waals surface area contributed by atoms with Gasteiger partial charge < -0.3 is 10.2 Å². The number of rotatable bonds is 3. The van der Waals surface area contributed by atoms with Gasteiger partial charge in [-0.2, -0.15) is 0 Å². The van der Waals surface area contributed by atoms with Crippen molar-refractivity contribution in [3.05, 3.63) is 57.6 Å². The first-order valence-corrected chi connectivity index (χ1v) is 9.09. The van der Waals surface area contributed by atoms with E-state index in [1.165, 1.54) is 0 Å². The number of halogens is 1. The molecule has 5 heteroatoms. The van der Waals surface area contributed by atoms with E-state index in [1.807, 2.05) is 57.2 Å². The SMILES string of the molecule is Cc1cc(N2CC(C(=O)Nc3cccc(C)c3C)CC2=O)ccc1Br. The Bertz CT molecular complexity index is 848. The summed E-state index contributed by atoms with van der Waals surface area (Å²) in [6.45, 7) is 6.40. The molecule has 1 saturated heterocycles. The smallest absolute Gasteiger partial charge is 0.229 e. The van der Waals surface area contributed by atoms with E-state index >= 15 is 0 Å². The van der Waals surface area contributed by atoms with Gasteiger partial charge in [-0.05, 0) is 61.7 Å². The third-order valence-corrected chi connectivity index (χ3v) is 5.70. The highest BCUT2D eigenvalue weighted by molar-refractivity contribution is 9.10. The van der Waals surface area contributed by atoms with Crippen LogP contribution in [0.2, 0.25) is 0 Å². The molecule has 2 aromatic carbocycles. The number of amides is 2. The van der Waals surface area contributed by atoms with Crippen molar-refractivity contribution in [1.82, 2.24) is 0 Å². The molecule has 1 aliphatic rings. The van der Waals surface area contributed by atoms with Gasteiger partial charge in [0.15, 0.2) is 0 Å². The fourth-order valence-electron chi connectivity index (χ4n) is 3.05. The van der Waals surface area contributed by atoms with Gasteiger partial charge in [-0.1, -0.05) is 28.1 Å². The number of anilines is 2. The molecule has 1 aliphatic heterocycles. The summed E-state index contributed by atoms with van der Waals surface area (Å²) in [5.41, 5.74) is 4.91. The molecule has 0 bridgehead atoms. The van der Waals surface area contributed by atoms with E-state index in [1.54, 1.807) is 4.90 Å². The minimum atomic E-state index is -0.337. The van der Waals surface area contributed by atoms with Crippen LogP contribution in [-0.2, 0) is 9.59 Å². The highest BCUT2D eigenvalue weighted by Crippen LogP contribution is 2.29. The number of hydrogen-bond donors (Lipinski definition) is 1. The van der Waals surface area contributed by atoms with Crippen molar-refractivity contribution in [3.63, 3.8) is 0 Å². The molecular formula is C20H21BrN2O2. The number of benzene rings is 2. The minimum absolute atomic E-state index is 0.0113. The van der Waals surface area contributed by atoms with E-state index in [9.17, 15) is 9.59 Å². The lowest BCUT2D eigenvalue weighted by Crippen LogP contribution is -2.28. The lowest BCUT2D eigenvalue weighted by Gasteiger charge is -2.18. The maximum Gasteiger partial charge on any atom is 0.229 e. The first kappa shape index (κ1) is 17.7. The Morgan fingerprint density at radius 2 is 1.92 bits per heavy atom. The van der Waals surface area contributed by atoms with Crippen LogP contribution in [0.3, 0.4) is 0 Å². The van der Waals surface area contributed by atoms with Gasteiger partial charge in [0.25, 0.3) is 0 Å². The van der Waals surface area contributed by atoms with Crippen LogP contribution in [0.25, 0.3) is 0 Å². The Balaban J connectivity index is 1.74. The molecule has 0 saturated carbocycles. The number of hydrogen-bond acceptors (Lipinski definition) is 2. The van der Waals surface area contributed by atoms with Crippen molar-refractivity contribution in [2.24, 2.45) is 5.92 Å². The van der Waals surface area contributed by atoms with Gasteiger partial charge in [0, 0.05) is 28.8 Å². The molecule has 1 fully saturated rings. The van der Waals surface area contributed by atoms with Crippen molar-refractivity contribution < 1.29 is 9.59 Å². The van der Waals surface area contributed by atoms with Crippen LogP contribution in [0.4, 0.5) is 11.4 Å². The quantitative estimate of drug-likeness (QED) is 0.831. The Kier molecular flexibility index (Phi) is 4.95. The van der Waals surface area contributed by atoms with Crippen molar-refractivity contribution in [3.8, 4) is 0 Å². The minimum Gasteiger partial charge on any atom is -0.326 e. The third-order valence-electron chi connectivity index (χ3n) is 4.81. The van der Waals surface area contributed by atoms with E-state index in [2.05, 4.69) is 21.2 Å². The lowest BCUT2D eigenvalue weighted by molar-refractivity contribution is -0.122. The predicted molar refractivity (Wildman–Crippen MR) is 104 cm³/mol. The van der Waals surface area contributed by atoms with Crippen LogP contribution in [0.15, 0.2) is 40.9 Å². The van der Waals surface area contributed by atoms with E-state index in [4.69, 9.17) is 0 Å². The molecule has 4 nitrogen and oxygen atoms in total. The van der Waals surface area contributed by atoms with Crippen LogP contribution in [0.1, 0.15) is 23.1 Å².